The van der Waals surface area contributed by atoms with Gasteiger partial charge in [0.25, 0.3) is 0 Å². The highest BCUT2D eigenvalue weighted by molar-refractivity contribution is 5.91. The van der Waals surface area contributed by atoms with Gasteiger partial charge in [-0.3, -0.25) is 0 Å². The number of rotatable bonds is 4. The van der Waals surface area contributed by atoms with Gasteiger partial charge >= 0.3 is 0 Å². The maximum Gasteiger partial charge on any atom is 0.0587 e. The van der Waals surface area contributed by atoms with Crippen LogP contribution in [0.4, 0.5) is 0 Å². The first kappa shape index (κ1) is 12.6. The Hall–Kier alpha value is -1.38. The smallest absolute Gasteiger partial charge is 0.0587 e. The molecule has 2 nitrogen and oxygen atoms in total. The minimum absolute atomic E-state index is 0.162. The third-order valence-corrected chi connectivity index (χ3v) is 4.24. The summed E-state index contributed by atoms with van der Waals surface area (Å²) in [5, 5.41) is 15.9. The number of nitrogens with one attached hydrogen (secondary N) is 1. The Kier molecular flexibility index (Phi) is 3.29. The molecular formula is C17H21NO. The topological polar surface area (TPSA) is 32.3 Å². The molecule has 0 heterocycles. The molecule has 0 saturated carbocycles. The molecule has 100 valence electrons. The van der Waals surface area contributed by atoms with Crippen molar-refractivity contribution in [2.75, 3.05) is 6.61 Å². The van der Waals surface area contributed by atoms with Gasteiger partial charge in [-0.15, -0.1) is 0 Å². The van der Waals surface area contributed by atoms with Crippen LogP contribution in [0.2, 0.25) is 0 Å². The molecule has 1 aliphatic rings. The van der Waals surface area contributed by atoms with Crippen LogP contribution in [0.25, 0.3) is 10.8 Å². The summed E-state index contributed by atoms with van der Waals surface area (Å²) < 4.78 is 0. The molecule has 0 aromatic heterocycles. The van der Waals surface area contributed by atoms with Crippen LogP contribution in [0.3, 0.4) is 0 Å². The Labute approximate surface area is 114 Å². The highest BCUT2D eigenvalue weighted by Gasteiger charge is 2.26. The van der Waals surface area contributed by atoms with Crippen LogP contribution < -0.4 is 5.32 Å². The quantitative estimate of drug-likeness (QED) is 0.880. The molecule has 19 heavy (non-hydrogen) atoms. The summed E-state index contributed by atoms with van der Waals surface area (Å²) in [4.78, 5) is 0. The second-order valence-electron chi connectivity index (χ2n) is 5.82. The highest BCUT2D eigenvalue weighted by atomic mass is 16.3. The van der Waals surface area contributed by atoms with Gasteiger partial charge in [0.2, 0.25) is 0 Å². The lowest BCUT2D eigenvalue weighted by molar-refractivity contribution is 0.199. The van der Waals surface area contributed by atoms with Crippen molar-refractivity contribution in [1.82, 2.24) is 5.32 Å². The van der Waals surface area contributed by atoms with Crippen molar-refractivity contribution in [2.45, 2.75) is 32.4 Å². The van der Waals surface area contributed by atoms with Gasteiger partial charge in [0, 0.05) is 12.1 Å². The summed E-state index contributed by atoms with van der Waals surface area (Å²) in [5.74, 6) is 0.438. The standard InChI is InChI=1S/C17H21NO/c1-11(2)16(10-19)18-15-9-13-7-3-5-12-6-4-8-14(15)17(12)13/h3-8,11,15-16,18-19H,9-10H2,1-2H3/t15?,16-/m1/s1. The van der Waals surface area contributed by atoms with E-state index in [-0.39, 0.29) is 12.6 Å². The van der Waals surface area contributed by atoms with E-state index in [9.17, 15) is 5.11 Å². The van der Waals surface area contributed by atoms with E-state index in [4.69, 9.17) is 0 Å². The number of hydrogen-bond donors (Lipinski definition) is 2. The van der Waals surface area contributed by atoms with Crippen molar-refractivity contribution in [3.63, 3.8) is 0 Å². The molecule has 1 aliphatic carbocycles. The van der Waals surface area contributed by atoms with E-state index in [1.54, 1.807) is 0 Å². The van der Waals surface area contributed by atoms with Gasteiger partial charge in [-0.1, -0.05) is 50.2 Å². The molecule has 2 aromatic carbocycles. The zero-order valence-electron chi connectivity index (χ0n) is 11.6. The summed E-state index contributed by atoms with van der Waals surface area (Å²) in [6.45, 7) is 4.49. The first-order chi connectivity index (χ1) is 9.20. The molecule has 0 aliphatic heterocycles. The third-order valence-electron chi connectivity index (χ3n) is 4.24. The van der Waals surface area contributed by atoms with Crippen molar-refractivity contribution in [3.05, 3.63) is 47.5 Å². The van der Waals surface area contributed by atoms with E-state index in [1.165, 1.54) is 21.9 Å². The molecule has 0 spiro atoms. The van der Waals surface area contributed by atoms with Gasteiger partial charge in [0.15, 0.2) is 0 Å². The lowest BCUT2D eigenvalue weighted by atomic mass is 10.0. The fraction of sp³-hybridized carbons (Fsp3) is 0.412. The Balaban J connectivity index is 1.95. The lowest BCUT2D eigenvalue weighted by Crippen LogP contribution is -2.39. The van der Waals surface area contributed by atoms with E-state index in [0.717, 1.165) is 6.42 Å². The van der Waals surface area contributed by atoms with Gasteiger partial charge in [-0.05, 0) is 34.2 Å². The molecule has 3 rings (SSSR count). The molecule has 0 radical (unpaired) electrons. The Bertz CT molecular complexity index is 586. The molecule has 2 atom stereocenters. The number of aliphatic hydroxyl groups excluding tert-OH is 1. The van der Waals surface area contributed by atoms with Crippen molar-refractivity contribution in [2.24, 2.45) is 5.92 Å². The number of aliphatic hydroxyl groups is 1. The number of benzene rings is 2. The zero-order valence-corrected chi connectivity index (χ0v) is 11.6. The molecule has 0 amide bonds. The SMILES string of the molecule is CC(C)[C@@H](CO)NC1Cc2cccc3cccc1c23. The first-order valence-electron chi connectivity index (χ1n) is 7.08. The maximum atomic E-state index is 9.51. The van der Waals surface area contributed by atoms with Gasteiger partial charge in [-0.25, -0.2) is 0 Å². The molecule has 0 fully saturated rings. The van der Waals surface area contributed by atoms with Crippen LogP contribution in [0, 0.1) is 5.92 Å². The minimum Gasteiger partial charge on any atom is -0.395 e. The third kappa shape index (κ3) is 2.15. The minimum atomic E-state index is 0.162. The van der Waals surface area contributed by atoms with Crippen LogP contribution >= 0.6 is 0 Å². The van der Waals surface area contributed by atoms with Crippen molar-refractivity contribution >= 4 is 10.8 Å². The second kappa shape index (κ2) is 4.95. The van der Waals surface area contributed by atoms with Gasteiger partial charge < -0.3 is 10.4 Å². The van der Waals surface area contributed by atoms with Crippen LogP contribution in [0.1, 0.15) is 31.0 Å². The Morgan fingerprint density at radius 1 is 1.21 bits per heavy atom. The van der Waals surface area contributed by atoms with Crippen LogP contribution in [-0.4, -0.2) is 17.8 Å². The molecule has 0 saturated heterocycles. The molecular weight excluding hydrogens is 234 g/mol. The normalized spacial score (nSPS) is 19.3. The van der Waals surface area contributed by atoms with Crippen LogP contribution in [0.5, 0.6) is 0 Å². The molecule has 2 N–H and O–H groups in total. The van der Waals surface area contributed by atoms with E-state index >= 15 is 0 Å². The van der Waals surface area contributed by atoms with E-state index in [2.05, 4.69) is 55.6 Å². The van der Waals surface area contributed by atoms with Crippen molar-refractivity contribution in [1.29, 1.82) is 0 Å². The van der Waals surface area contributed by atoms with E-state index < -0.39 is 0 Å². The monoisotopic (exact) mass is 255 g/mol. The average Bonchev–Trinajstić information content (AvgIpc) is 2.76. The Morgan fingerprint density at radius 2 is 1.95 bits per heavy atom. The van der Waals surface area contributed by atoms with Crippen molar-refractivity contribution in [3.8, 4) is 0 Å². The summed E-state index contributed by atoms with van der Waals surface area (Å²) in [6, 6.07) is 13.5. The molecule has 2 aromatic rings. The van der Waals surface area contributed by atoms with Gasteiger partial charge in [-0.2, -0.15) is 0 Å². The molecule has 0 bridgehead atoms. The number of hydrogen-bond acceptors (Lipinski definition) is 2. The largest absolute Gasteiger partial charge is 0.395 e. The summed E-state index contributed by atoms with van der Waals surface area (Å²) in [6.07, 6.45) is 1.03. The summed E-state index contributed by atoms with van der Waals surface area (Å²) in [5.41, 5.74) is 2.80. The van der Waals surface area contributed by atoms with Crippen LogP contribution in [0.15, 0.2) is 36.4 Å². The predicted molar refractivity (Wildman–Crippen MR) is 79.2 cm³/mol. The Morgan fingerprint density at radius 3 is 2.63 bits per heavy atom. The molecule has 2 heteroatoms. The maximum absolute atomic E-state index is 9.51. The fourth-order valence-corrected chi connectivity index (χ4v) is 3.10. The van der Waals surface area contributed by atoms with E-state index in [0.29, 0.717) is 12.0 Å². The summed E-state index contributed by atoms with van der Waals surface area (Å²) in [7, 11) is 0. The second-order valence-corrected chi connectivity index (χ2v) is 5.82. The first-order valence-corrected chi connectivity index (χ1v) is 7.08. The average molecular weight is 255 g/mol. The van der Waals surface area contributed by atoms with Gasteiger partial charge in [0.1, 0.15) is 0 Å². The zero-order chi connectivity index (χ0) is 13.4. The predicted octanol–water partition coefficient (Wildman–Crippen LogP) is 3.04. The molecule has 1 unspecified atom stereocenters. The van der Waals surface area contributed by atoms with E-state index in [1.807, 2.05) is 0 Å². The lowest BCUT2D eigenvalue weighted by Gasteiger charge is -2.25. The summed E-state index contributed by atoms with van der Waals surface area (Å²) >= 11 is 0. The van der Waals surface area contributed by atoms with Crippen molar-refractivity contribution < 1.29 is 5.11 Å². The fourth-order valence-electron chi connectivity index (χ4n) is 3.10. The van der Waals surface area contributed by atoms with Crippen LogP contribution in [-0.2, 0) is 6.42 Å². The highest BCUT2D eigenvalue weighted by Crippen LogP contribution is 2.37. The van der Waals surface area contributed by atoms with Gasteiger partial charge in [0.05, 0.1) is 6.61 Å².